The number of hydrogen-bond donors (Lipinski definition) is 1. The van der Waals surface area contributed by atoms with Gasteiger partial charge >= 0.3 is 0 Å². The molecule has 0 fully saturated rings. The molecule has 0 aliphatic carbocycles. The van der Waals surface area contributed by atoms with Crippen LogP contribution in [0.1, 0.15) is 31.9 Å². The Morgan fingerprint density at radius 2 is 2.00 bits per heavy atom. The minimum atomic E-state index is 0.326. The zero-order valence-corrected chi connectivity index (χ0v) is 13.1. The summed E-state index contributed by atoms with van der Waals surface area (Å²) in [5.41, 5.74) is 1.22. The molecule has 1 aromatic carbocycles. The molecule has 0 bridgehead atoms. The van der Waals surface area contributed by atoms with Crippen molar-refractivity contribution in [3.05, 3.63) is 28.8 Å². The predicted molar refractivity (Wildman–Crippen MR) is 82.2 cm³/mol. The standard InChI is InChI=1S/C15H25ClN2O/c1-5-18(6-2)10-9-14(17-3)12-7-8-13(16)15(11-12)19-4/h7-8,11,14,17H,5-6,9-10H2,1-4H3. The van der Waals surface area contributed by atoms with E-state index in [0.717, 1.165) is 31.8 Å². The van der Waals surface area contributed by atoms with Crippen LogP contribution in [0, 0.1) is 0 Å². The van der Waals surface area contributed by atoms with Gasteiger partial charge in [-0.2, -0.15) is 0 Å². The van der Waals surface area contributed by atoms with Crippen LogP contribution in [-0.4, -0.2) is 38.7 Å². The number of nitrogens with one attached hydrogen (secondary N) is 1. The Kier molecular flexibility index (Phi) is 7.21. The van der Waals surface area contributed by atoms with Crippen molar-refractivity contribution in [2.45, 2.75) is 26.3 Å². The minimum absolute atomic E-state index is 0.326. The Labute approximate surface area is 121 Å². The average molecular weight is 285 g/mol. The molecule has 19 heavy (non-hydrogen) atoms. The molecule has 1 aromatic rings. The van der Waals surface area contributed by atoms with Gasteiger partial charge in [-0.25, -0.2) is 0 Å². The third-order valence-corrected chi connectivity index (χ3v) is 3.87. The molecule has 0 heterocycles. The minimum Gasteiger partial charge on any atom is -0.495 e. The highest BCUT2D eigenvalue weighted by molar-refractivity contribution is 6.32. The van der Waals surface area contributed by atoms with Gasteiger partial charge in [-0.3, -0.25) is 0 Å². The molecule has 3 nitrogen and oxygen atoms in total. The second-order valence-corrected chi connectivity index (χ2v) is 4.96. The maximum Gasteiger partial charge on any atom is 0.137 e. The van der Waals surface area contributed by atoms with Crippen molar-refractivity contribution in [1.82, 2.24) is 10.2 Å². The van der Waals surface area contributed by atoms with Crippen LogP contribution < -0.4 is 10.1 Å². The molecule has 1 unspecified atom stereocenters. The first-order chi connectivity index (χ1) is 9.15. The van der Waals surface area contributed by atoms with Crippen molar-refractivity contribution in [3.8, 4) is 5.75 Å². The largest absolute Gasteiger partial charge is 0.495 e. The van der Waals surface area contributed by atoms with E-state index in [-0.39, 0.29) is 0 Å². The van der Waals surface area contributed by atoms with Crippen molar-refractivity contribution in [1.29, 1.82) is 0 Å². The lowest BCUT2D eigenvalue weighted by atomic mass is 10.0. The van der Waals surface area contributed by atoms with E-state index in [4.69, 9.17) is 16.3 Å². The zero-order valence-electron chi connectivity index (χ0n) is 12.4. The van der Waals surface area contributed by atoms with Gasteiger partial charge in [-0.05, 0) is 50.8 Å². The zero-order chi connectivity index (χ0) is 14.3. The van der Waals surface area contributed by atoms with E-state index in [9.17, 15) is 0 Å². The molecule has 108 valence electrons. The monoisotopic (exact) mass is 284 g/mol. The van der Waals surface area contributed by atoms with Crippen LogP contribution >= 0.6 is 11.6 Å². The Balaban J connectivity index is 2.74. The van der Waals surface area contributed by atoms with E-state index in [1.165, 1.54) is 5.56 Å². The summed E-state index contributed by atoms with van der Waals surface area (Å²) in [6.45, 7) is 7.67. The van der Waals surface area contributed by atoms with Gasteiger partial charge in [0.25, 0.3) is 0 Å². The van der Waals surface area contributed by atoms with Gasteiger partial charge < -0.3 is 15.0 Å². The molecule has 0 saturated carbocycles. The Hall–Kier alpha value is -0.770. The molecule has 1 N–H and O–H groups in total. The number of halogens is 1. The lowest BCUT2D eigenvalue weighted by Gasteiger charge is -2.23. The van der Waals surface area contributed by atoms with Crippen molar-refractivity contribution < 1.29 is 4.74 Å². The molecular weight excluding hydrogens is 260 g/mol. The molecule has 0 aliphatic rings. The fourth-order valence-corrected chi connectivity index (χ4v) is 2.42. The first kappa shape index (κ1) is 16.3. The summed E-state index contributed by atoms with van der Waals surface area (Å²) in [6, 6.07) is 6.31. The van der Waals surface area contributed by atoms with E-state index >= 15 is 0 Å². The van der Waals surface area contributed by atoms with Gasteiger partial charge in [0.15, 0.2) is 0 Å². The summed E-state index contributed by atoms with van der Waals surface area (Å²) in [7, 11) is 3.64. The topological polar surface area (TPSA) is 24.5 Å². The van der Waals surface area contributed by atoms with E-state index in [1.54, 1.807) is 7.11 Å². The molecule has 1 atom stereocenters. The second-order valence-electron chi connectivity index (χ2n) is 4.55. The number of rotatable bonds is 8. The summed E-state index contributed by atoms with van der Waals surface area (Å²) in [5.74, 6) is 0.738. The van der Waals surface area contributed by atoms with Crippen LogP contribution in [0.5, 0.6) is 5.75 Å². The van der Waals surface area contributed by atoms with E-state index in [1.807, 2.05) is 19.2 Å². The highest BCUT2D eigenvalue weighted by atomic mass is 35.5. The fourth-order valence-electron chi connectivity index (χ4n) is 2.22. The molecule has 0 amide bonds. The van der Waals surface area contributed by atoms with Crippen LogP contribution in [0.3, 0.4) is 0 Å². The summed E-state index contributed by atoms with van der Waals surface area (Å²) in [4.78, 5) is 2.43. The van der Waals surface area contributed by atoms with Gasteiger partial charge in [0.2, 0.25) is 0 Å². The van der Waals surface area contributed by atoms with Gasteiger partial charge in [0.05, 0.1) is 12.1 Å². The number of nitrogens with zero attached hydrogens (tertiary/aromatic N) is 1. The van der Waals surface area contributed by atoms with Crippen LogP contribution in [0.25, 0.3) is 0 Å². The maximum atomic E-state index is 6.06. The first-order valence-electron chi connectivity index (χ1n) is 6.89. The van der Waals surface area contributed by atoms with Gasteiger partial charge in [-0.15, -0.1) is 0 Å². The lowest BCUT2D eigenvalue weighted by molar-refractivity contribution is 0.284. The van der Waals surface area contributed by atoms with Gasteiger partial charge in [0, 0.05) is 6.04 Å². The van der Waals surface area contributed by atoms with Crippen LogP contribution in [0.4, 0.5) is 0 Å². The summed E-state index contributed by atoms with van der Waals surface area (Å²) < 4.78 is 5.28. The molecule has 0 spiro atoms. The van der Waals surface area contributed by atoms with Crippen LogP contribution in [0.2, 0.25) is 5.02 Å². The van der Waals surface area contributed by atoms with Crippen molar-refractivity contribution >= 4 is 11.6 Å². The maximum absolute atomic E-state index is 6.06. The number of methoxy groups -OCH3 is 1. The summed E-state index contributed by atoms with van der Waals surface area (Å²) >= 11 is 6.06. The predicted octanol–water partition coefficient (Wildman–Crippen LogP) is 3.34. The van der Waals surface area contributed by atoms with Crippen LogP contribution in [-0.2, 0) is 0 Å². The normalized spacial score (nSPS) is 12.7. The Morgan fingerprint density at radius 1 is 1.32 bits per heavy atom. The smallest absolute Gasteiger partial charge is 0.137 e. The molecular formula is C15H25ClN2O. The lowest BCUT2D eigenvalue weighted by Crippen LogP contribution is -2.28. The number of ether oxygens (including phenoxy) is 1. The fraction of sp³-hybridized carbons (Fsp3) is 0.600. The quantitative estimate of drug-likeness (QED) is 0.792. The highest BCUT2D eigenvalue weighted by Crippen LogP contribution is 2.28. The van der Waals surface area contributed by atoms with E-state index in [2.05, 4.69) is 30.1 Å². The van der Waals surface area contributed by atoms with E-state index < -0.39 is 0 Å². The van der Waals surface area contributed by atoms with Crippen molar-refractivity contribution in [3.63, 3.8) is 0 Å². The molecule has 0 saturated heterocycles. The Bertz CT molecular complexity index is 380. The first-order valence-corrected chi connectivity index (χ1v) is 7.27. The number of benzene rings is 1. The second kappa shape index (κ2) is 8.41. The third-order valence-electron chi connectivity index (χ3n) is 3.55. The summed E-state index contributed by atoms with van der Waals surface area (Å²) in [5, 5.41) is 4.02. The summed E-state index contributed by atoms with van der Waals surface area (Å²) in [6.07, 6.45) is 1.07. The third kappa shape index (κ3) is 4.68. The number of hydrogen-bond acceptors (Lipinski definition) is 3. The van der Waals surface area contributed by atoms with Gasteiger partial charge in [0.1, 0.15) is 5.75 Å². The van der Waals surface area contributed by atoms with Crippen molar-refractivity contribution in [2.24, 2.45) is 0 Å². The molecule has 0 aliphatic heterocycles. The Morgan fingerprint density at radius 3 is 2.53 bits per heavy atom. The average Bonchev–Trinajstić information content (AvgIpc) is 2.45. The SMILES string of the molecule is CCN(CC)CCC(NC)c1ccc(Cl)c(OC)c1. The van der Waals surface area contributed by atoms with Crippen LogP contribution in [0.15, 0.2) is 18.2 Å². The van der Waals surface area contributed by atoms with Crippen molar-refractivity contribution in [2.75, 3.05) is 33.8 Å². The molecule has 4 heteroatoms. The highest BCUT2D eigenvalue weighted by Gasteiger charge is 2.13. The molecule has 1 rings (SSSR count). The molecule has 0 radical (unpaired) electrons. The molecule has 0 aromatic heterocycles. The van der Waals surface area contributed by atoms with E-state index in [0.29, 0.717) is 11.1 Å². The van der Waals surface area contributed by atoms with Gasteiger partial charge in [-0.1, -0.05) is 31.5 Å².